The molecule has 136 valence electrons. The van der Waals surface area contributed by atoms with Crippen LogP contribution >= 0.6 is 0 Å². The fourth-order valence-electron chi connectivity index (χ4n) is 2.59. The minimum atomic E-state index is -4.05. The van der Waals surface area contributed by atoms with E-state index in [0.717, 1.165) is 12.8 Å². The zero-order chi connectivity index (χ0) is 18.7. The molecule has 0 heterocycles. The van der Waals surface area contributed by atoms with Gasteiger partial charge in [-0.1, -0.05) is 24.3 Å². The Labute approximate surface area is 152 Å². The number of nitrogens with one attached hydrogen (secondary N) is 1. The number of ketones is 1. The second kappa shape index (κ2) is 7.29. The van der Waals surface area contributed by atoms with Gasteiger partial charge in [0, 0.05) is 12.0 Å². The van der Waals surface area contributed by atoms with Gasteiger partial charge in [0.05, 0.1) is 17.6 Å². The molecule has 1 aliphatic carbocycles. The topological polar surface area (TPSA) is 89.5 Å². The standard InChI is InChI=1S/C19H19NO5S/c1-25-18-5-3-2-4-16(18)19(22)20-26(23,24)15-10-8-14(9-11-15)17(21)12-13-6-7-13/h2-5,8-11,13H,6-7,12H2,1H3,(H,20,22). The lowest BCUT2D eigenvalue weighted by Crippen LogP contribution is -2.30. The van der Waals surface area contributed by atoms with Crippen molar-refractivity contribution in [1.29, 1.82) is 0 Å². The number of rotatable bonds is 7. The maximum Gasteiger partial charge on any atom is 0.268 e. The molecule has 0 atom stereocenters. The zero-order valence-electron chi connectivity index (χ0n) is 14.3. The summed E-state index contributed by atoms with van der Waals surface area (Å²) in [6.45, 7) is 0. The minimum Gasteiger partial charge on any atom is -0.496 e. The van der Waals surface area contributed by atoms with Crippen molar-refractivity contribution in [1.82, 2.24) is 4.72 Å². The van der Waals surface area contributed by atoms with E-state index >= 15 is 0 Å². The molecule has 26 heavy (non-hydrogen) atoms. The number of Topliss-reactive ketones (excluding diaryl/α,β-unsaturated/α-hetero) is 1. The first-order valence-corrected chi connectivity index (χ1v) is 9.72. The summed E-state index contributed by atoms with van der Waals surface area (Å²) in [5.74, 6) is -0.0295. The first-order valence-electron chi connectivity index (χ1n) is 8.24. The lowest BCUT2D eigenvalue weighted by Gasteiger charge is -2.10. The Hall–Kier alpha value is -2.67. The van der Waals surface area contributed by atoms with Crippen LogP contribution in [0.3, 0.4) is 0 Å². The highest BCUT2D eigenvalue weighted by atomic mass is 32.2. The number of hydrogen-bond acceptors (Lipinski definition) is 5. The number of ether oxygens (including phenoxy) is 1. The number of benzene rings is 2. The van der Waals surface area contributed by atoms with E-state index in [4.69, 9.17) is 4.74 Å². The van der Waals surface area contributed by atoms with Gasteiger partial charge in [0.15, 0.2) is 5.78 Å². The molecule has 1 fully saturated rings. The molecular weight excluding hydrogens is 354 g/mol. The van der Waals surface area contributed by atoms with Crippen molar-refractivity contribution in [3.05, 3.63) is 59.7 Å². The Bertz CT molecular complexity index is 931. The number of methoxy groups -OCH3 is 1. The third-order valence-corrected chi connectivity index (χ3v) is 5.58. The quantitative estimate of drug-likeness (QED) is 0.754. The second-order valence-corrected chi connectivity index (χ2v) is 7.91. The molecule has 1 saturated carbocycles. The molecule has 2 aromatic carbocycles. The van der Waals surface area contributed by atoms with Crippen molar-refractivity contribution in [2.45, 2.75) is 24.2 Å². The van der Waals surface area contributed by atoms with E-state index in [1.54, 1.807) is 18.2 Å². The van der Waals surface area contributed by atoms with Crippen molar-refractivity contribution in [3.63, 3.8) is 0 Å². The summed E-state index contributed by atoms with van der Waals surface area (Å²) in [7, 11) is -2.65. The maximum atomic E-state index is 12.4. The molecule has 1 aliphatic rings. The van der Waals surface area contributed by atoms with Gasteiger partial charge in [0.2, 0.25) is 0 Å². The number of amides is 1. The van der Waals surface area contributed by atoms with Gasteiger partial charge in [0.1, 0.15) is 5.75 Å². The molecule has 2 aromatic rings. The SMILES string of the molecule is COc1ccccc1C(=O)NS(=O)(=O)c1ccc(C(=O)CC2CC2)cc1. The van der Waals surface area contributed by atoms with Gasteiger partial charge in [-0.05, 0) is 43.0 Å². The molecule has 7 heteroatoms. The Kier molecular flexibility index (Phi) is 5.08. The largest absolute Gasteiger partial charge is 0.496 e. The smallest absolute Gasteiger partial charge is 0.268 e. The fraction of sp³-hybridized carbons (Fsp3) is 0.263. The van der Waals surface area contributed by atoms with Crippen LogP contribution in [0.1, 0.15) is 40.0 Å². The molecule has 0 aliphatic heterocycles. The molecule has 3 rings (SSSR count). The molecule has 0 saturated heterocycles. The lowest BCUT2D eigenvalue weighted by molar-refractivity contribution is 0.0968. The van der Waals surface area contributed by atoms with Crippen molar-refractivity contribution in [2.24, 2.45) is 5.92 Å². The van der Waals surface area contributed by atoms with Gasteiger partial charge >= 0.3 is 0 Å². The molecule has 6 nitrogen and oxygen atoms in total. The summed E-state index contributed by atoms with van der Waals surface area (Å²) in [4.78, 5) is 24.3. The van der Waals surface area contributed by atoms with Gasteiger partial charge in [-0.25, -0.2) is 13.1 Å². The van der Waals surface area contributed by atoms with Crippen LogP contribution in [0.15, 0.2) is 53.4 Å². The van der Waals surface area contributed by atoms with E-state index in [9.17, 15) is 18.0 Å². The summed E-state index contributed by atoms with van der Waals surface area (Å²) in [5, 5.41) is 0. The summed E-state index contributed by atoms with van der Waals surface area (Å²) < 4.78 is 31.9. The van der Waals surface area contributed by atoms with E-state index in [-0.39, 0.29) is 22.0 Å². The third-order valence-electron chi connectivity index (χ3n) is 4.24. The van der Waals surface area contributed by atoms with Crippen LogP contribution in [-0.4, -0.2) is 27.2 Å². The van der Waals surface area contributed by atoms with Gasteiger partial charge in [-0.15, -0.1) is 0 Å². The number of para-hydroxylation sites is 1. The van der Waals surface area contributed by atoms with Crippen LogP contribution in [0, 0.1) is 5.92 Å². The number of carbonyl (C=O) groups excluding carboxylic acids is 2. The highest BCUT2D eigenvalue weighted by Gasteiger charge is 2.25. The average molecular weight is 373 g/mol. The molecule has 0 aromatic heterocycles. The van der Waals surface area contributed by atoms with Crippen molar-refractivity contribution in [3.8, 4) is 5.75 Å². The molecule has 0 spiro atoms. The summed E-state index contributed by atoms with van der Waals surface area (Å²) in [6.07, 6.45) is 2.65. The second-order valence-electron chi connectivity index (χ2n) is 6.23. The van der Waals surface area contributed by atoms with Crippen LogP contribution in [0.2, 0.25) is 0 Å². The van der Waals surface area contributed by atoms with Crippen molar-refractivity contribution >= 4 is 21.7 Å². The summed E-state index contributed by atoms with van der Waals surface area (Å²) >= 11 is 0. The summed E-state index contributed by atoms with van der Waals surface area (Å²) in [5.41, 5.74) is 0.599. The highest BCUT2D eigenvalue weighted by Crippen LogP contribution is 2.33. The van der Waals surface area contributed by atoms with Gasteiger partial charge in [0.25, 0.3) is 15.9 Å². The number of carbonyl (C=O) groups is 2. The average Bonchev–Trinajstić information content (AvgIpc) is 3.45. The Morgan fingerprint density at radius 3 is 2.35 bits per heavy atom. The maximum absolute atomic E-state index is 12.4. The number of sulfonamides is 1. The van der Waals surface area contributed by atoms with Gasteiger partial charge in [-0.3, -0.25) is 9.59 Å². The van der Waals surface area contributed by atoms with Crippen LogP contribution in [0.4, 0.5) is 0 Å². The summed E-state index contributed by atoms with van der Waals surface area (Å²) in [6, 6.07) is 12.0. The molecule has 0 radical (unpaired) electrons. The van der Waals surface area contributed by atoms with E-state index in [2.05, 4.69) is 0 Å². The predicted molar refractivity (Wildman–Crippen MR) is 95.8 cm³/mol. The first kappa shape index (κ1) is 18.1. The molecule has 1 amide bonds. The van der Waals surface area contributed by atoms with E-state index in [1.165, 1.54) is 37.4 Å². The van der Waals surface area contributed by atoms with Crippen LogP contribution in [0.5, 0.6) is 5.75 Å². The Morgan fingerprint density at radius 1 is 1.08 bits per heavy atom. The van der Waals surface area contributed by atoms with E-state index in [1.807, 2.05) is 4.72 Å². The van der Waals surface area contributed by atoms with Crippen LogP contribution < -0.4 is 9.46 Å². The lowest BCUT2D eigenvalue weighted by atomic mass is 10.1. The first-order chi connectivity index (χ1) is 12.4. The molecular formula is C19H19NO5S. The Morgan fingerprint density at radius 2 is 1.73 bits per heavy atom. The van der Waals surface area contributed by atoms with E-state index < -0.39 is 15.9 Å². The van der Waals surface area contributed by atoms with Crippen molar-refractivity contribution < 1.29 is 22.7 Å². The third kappa shape index (κ3) is 4.11. The monoisotopic (exact) mass is 373 g/mol. The van der Waals surface area contributed by atoms with Crippen LogP contribution in [-0.2, 0) is 10.0 Å². The fourth-order valence-corrected chi connectivity index (χ4v) is 3.56. The minimum absolute atomic E-state index is 0.00880. The predicted octanol–water partition coefficient (Wildman–Crippen LogP) is 2.80. The zero-order valence-corrected chi connectivity index (χ0v) is 15.1. The molecule has 1 N–H and O–H groups in total. The van der Waals surface area contributed by atoms with Crippen molar-refractivity contribution in [2.75, 3.05) is 7.11 Å². The normalized spacial score (nSPS) is 13.9. The van der Waals surface area contributed by atoms with E-state index in [0.29, 0.717) is 17.9 Å². The number of hydrogen-bond donors (Lipinski definition) is 1. The highest BCUT2D eigenvalue weighted by molar-refractivity contribution is 7.90. The van der Waals surface area contributed by atoms with Gasteiger partial charge < -0.3 is 4.74 Å². The molecule has 0 bridgehead atoms. The van der Waals surface area contributed by atoms with Crippen LogP contribution in [0.25, 0.3) is 0 Å². The Balaban J connectivity index is 1.75. The molecule has 0 unspecified atom stereocenters. The van der Waals surface area contributed by atoms with Gasteiger partial charge in [-0.2, -0.15) is 0 Å².